The molecule has 0 aromatic heterocycles. The van der Waals surface area contributed by atoms with Crippen LogP contribution in [0.25, 0.3) is 0 Å². The van der Waals surface area contributed by atoms with E-state index in [1.807, 2.05) is 18.2 Å². The quantitative estimate of drug-likeness (QED) is 0.898. The SMILES string of the molecule is CC(C)(Oc1ccc(Cl)cc1)C(=O)NCc1ccc2c(c1)OCO2. The van der Waals surface area contributed by atoms with Crippen molar-refractivity contribution in [3.8, 4) is 17.2 Å². The van der Waals surface area contributed by atoms with Crippen LogP contribution in [-0.4, -0.2) is 18.3 Å². The molecule has 2 aromatic carbocycles. The van der Waals surface area contributed by atoms with Crippen LogP contribution in [0.15, 0.2) is 42.5 Å². The smallest absolute Gasteiger partial charge is 0.263 e. The van der Waals surface area contributed by atoms with Crippen molar-refractivity contribution in [2.45, 2.75) is 26.0 Å². The van der Waals surface area contributed by atoms with Gasteiger partial charge in [-0.05, 0) is 55.8 Å². The third-order valence-corrected chi connectivity index (χ3v) is 3.88. The minimum Gasteiger partial charge on any atom is -0.478 e. The highest BCUT2D eigenvalue weighted by molar-refractivity contribution is 6.30. The van der Waals surface area contributed by atoms with Crippen LogP contribution in [0.4, 0.5) is 0 Å². The van der Waals surface area contributed by atoms with Crippen LogP contribution in [0.5, 0.6) is 17.2 Å². The lowest BCUT2D eigenvalue weighted by atomic mass is 10.1. The van der Waals surface area contributed by atoms with Gasteiger partial charge < -0.3 is 19.5 Å². The van der Waals surface area contributed by atoms with Crippen molar-refractivity contribution in [2.75, 3.05) is 6.79 Å². The lowest BCUT2D eigenvalue weighted by Crippen LogP contribution is -2.46. The van der Waals surface area contributed by atoms with E-state index in [0.29, 0.717) is 23.1 Å². The Hall–Kier alpha value is -2.40. The Balaban J connectivity index is 1.60. The summed E-state index contributed by atoms with van der Waals surface area (Å²) in [5, 5.41) is 3.49. The maximum absolute atomic E-state index is 12.4. The largest absolute Gasteiger partial charge is 0.478 e. The molecule has 0 unspecified atom stereocenters. The monoisotopic (exact) mass is 347 g/mol. The van der Waals surface area contributed by atoms with Crippen molar-refractivity contribution in [3.05, 3.63) is 53.1 Å². The van der Waals surface area contributed by atoms with Gasteiger partial charge in [-0.3, -0.25) is 4.79 Å². The third-order valence-electron chi connectivity index (χ3n) is 3.62. The van der Waals surface area contributed by atoms with Crippen LogP contribution in [0.1, 0.15) is 19.4 Å². The lowest BCUT2D eigenvalue weighted by Gasteiger charge is -2.25. The molecule has 6 heteroatoms. The second-order valence-electron chi connectivity index (χ2n) is 5.94. The van der Waals surface area contributed by atoms with Crippen LogP contribution < -0.4 is 19.5 Å². The molecule has 1 N–H and O–H groups in total. The van der Waals surface area contributed by atoms with Gasteiger partial charge in [-0.25, -0.2) is 0 Å². The van der Waals surface area contributed by atoms with Crippen LogP contribution in [-0.2, 0) is 11.3 Å². The van der Waals surface area contributed by atoms with E-state index in [1.165, 1.54) is 0 Å². The Labute approximate surface area is 145 Å². The summed E-state index contributed by atoms with van der Waals surface area (Å²) in [7, 11) is 0. The predicted molar refractivity (Wildman–Crippen MR) is 90.6 cm³/mol. The number of halogens is 1. The number of carbonyl (C=O) groups is 1. The van der Waals surface area contributed by atoms with E-state index < -0.39 is 5.60 Å². The Kier molecular flexibility index (Phi) is 4.53. The molecule has 0 saturated carbocycles. The van der Waals surface area contributed by atoms with Gasteiger partial charge in [0.25, 0.3) is 5.91 Å². The number of hydrogen-bond donors (Lipinski definition) is 1. The molecule has 0 fully saturated rings. The maximum atomic E-state index is 12.4. The first kappa shape index (κ1) is 16.5. The van der Waals surface area contributed by atoms with Gasteiger partial charge in [0.05, 0.1) is 0 Å². The molecular formula is C18H18ClNO4. The molecule has 0 atom stereocenters. The molecule has 24 heavy (non-hydrogen) atoms. The molecule has 126 valence electrons. The van der Waals surface area contributed by atoms with Gasteiger partial charge in [-0.15, -0.1) is 0 Å². The summed E-state index contributed by atoms with van der Waals surface area (Å²) in [5.74, 6) is 1.78. The van der Waals surface area contributed by atoms with E-state index in [2.05, 4.69) is 5.32 Å². The lowest BCUT2D eigenvalue weighted by molar-refractivity contribution is -0.134. The van der Waals surface area contributed by atoms with Gasteiger partial charge in [0.2, 0.25) is 6.79 Å². The number of rotatable bonds is 5. The molecule has 1 aliphatic heterocycles. The summed E-state index contributed by atoms with van der Waals surface area (Å²) in [4.78, 5) is 12.4. The average molecular weight is 348 g/mol. The van der Waals surface area contributed by atoms with Crippen molar-refractivity contribution in [1.29, 1.82) is 0 Å². The standard InChI is InChI=1S/C18H18ClNO4/c1-18(2,24-14-6-4-13(19)5-7-14)17(21)20-10-12-3-8-15-16(9-12)23-11-22-15/h3-9H,10-11H2,1-2H3,(H,20,21). The second-order valence-corrected chi connectivity index (χ2v) is 6.37. The van der Waals surface area contributed by atoms with Crippen LogP contribution in [0.2, 0.25) is 5.02 Å². The van der Waals surface area contributed by atoms with E-state index in [1.54, 1.807) is 38.1 Å². The zero-order valence-corrected chi connectivity index (χ0v) is 14.2. The van der Waals surface area contributed by atoms with Crippen molar-refractivity contribution >= 4 is 17.5 Å². The van der Waals surface area contributed by atoms with Crippen molar-refractivity contribution in [1.82, 2.24) is 5.32 Å². The fourth-order valence-electron chi connectivity index (χ4n) is 2.29. The summed E-state index contributed by atoms with van der Waals surface area (Å²) in [6.07, 6.45) is 0. The highest BCUT2D eigenvalue weighted by Gasteiger charge is 2.29. The maximum Gasteiger partial charge on any atom is 0.263 e. The minimum absolute atomic E-state index is 0.213. The number of ether oxygens (including phenoxy) is 3. The van der Waals surface area contributed by atoms with Crippen molar-refractivity contribution in [3.63, 3.8) is 0 Å². The first-order chi connectivity index (χ1) is 11.4. The molecule has 5 nitrogen and oxygen atoms in total. The Morgan fingerprint density at radius 2 is 1.88 bits per heavy atom. The average Bonchev–Trinajstić information content (AvgIpc) is 3.02. The van der Waals surface area contributed by atoms with Crippen LogP contribution in [0, 0.1) is 0 Å². The fraction of sp³-hybridized carbons (Fsp3) is 0.278. The normalized spacial score (nSPS) is 12.8. The topological polar surface area (TPSA) is 56.8 Å². The van der Waals surface area contributed by atoms with Crippen LogP contribution in [0.3, 0.4) is 0 Å². The zero-order chi connectivity index (χ0) is 17.2. The number of nitrogens with one attached hydrogen (secondary N) is 1. The van der Waals surface area contributed by atoms with Crippen LogP contribution >= 0.6 is 11.6 Å². The van der Waals surface area contributed by atoms with Crippen molar-refractivity contribution < 1.29 is 19.0 Å². The second kappa shape index (κ2) is 6.61. The zero-order valence-electron chi connectivity index (χ0n) is 13.5. The molecule has 0 aliphatic carbocycles. The molecule has 0 radical (unpaired) electrons. The van der Waals surface area contributed by atoms with Gasteiger partial charge in [0.1, 0.15) is 5.75 Å². The Morgan fingerprint density at radius 1 is 1.17 bits per heavy atom. The highest BCUT2D eigenvalue weighted by atomic mass is 35.5. The molecular weight excluding hydrogens is 330 g/mol. The first-order valence-corrected chi connectivity index (χ1v) is 7.93. The van der Waals surface area contributed by atoms with E-state index in [9.17, 15) is 4.79 Å². The van der Waals surface area contributed by atoms with Gasteiger partial charge >= 0.3 is 0 Å². The summed E-state index contributed by atoms with van der Waals surface area (Å²) in [6.45, 7) is 4.04. The Bertz CT molecular complexity index is 743. The molecule has 1 aliphatic rings. The summed E-state index contributed by atoms with van der Waals surface area (Å²) < 4.78 is 16.4. The molecule has 2 aromatic rings. The van der Waals surface area contributed by atoms with Gasteiger partial charge in [-0.1, -0.05) is 17.7 Å². The van der Waals surface area contributed by atoms with Crippen molar-refractivity contribution in [2.24, 2.45) is 0 Å². The first-order valence-electron chi connectivity index (χ1n) is 7.55. The molecule has 1 amide bonds. The minimum atomic E-state index is -1.01. The van der Waals surface area contributed by atoms with Gasteiger partial charge in [0, 0.05) is 11.6 Å². The number of fused-ring (bicyclic) bond motifs is 1. The van der Waals surface area contributed by atoms with Gasteiger partial charge in [0.15, 0.2) is 17.1 Å². The van der Waals surface area contributed by atoms with E-state index in [-0.39, 0.29) is 12.7 Å². The number of benzene rings is 2. The summed E-state index contributed by atoms with van der Waals surface area (Å²) in [5.41, 5.74) is -0.0839. The summed E-state index contributed by atoms with van der Waals surface area (Å²) in [6, 6.07) is 12.5. The number of carbonyl (C=O) groups excluding carboxylic acids is 1. The number of hydrogen-bond acceptors (Lipinski definition) is 4. The third kappa shape index (κ3) is 3.74. The molecule has 0 bridgehead atoms. The van der Waals surface area contributed by atoms with E-state index in [4.69, 9.17) is 25.8 Å². The highest BCUT2D eigenvalue weighted by Crippen LogP contribution is 2.32. The number of amides is 1. The molecule has 1 heterocycles. The molecule has 3 rings (SSSR count). The van der Waals surface area contributed by atoms with Gasteiger partial charge in [-0.2, -0.15) is 0 Å². The van der Waals surface area contributed by atoms with E-state index >= 15 is 0 Å². The predicted octanol–water partition coefficient (Wildman–Crippen LogP) is 3.54. The Morgan fingerprint density at radius 3 is 2.62 bits per heavy atom. The molecule has 0 spiro atoms. The fourth-order valence-corrected chi connectivity index (χ4v) is 2.42. The molecule has 0 saturated heterocycles. The summed E-state index contributed by atoms with van der Waals surface area (Å²) >= 11 is 5.85. The van der Waals surface area contributed by atoms with E-state index in [0.717, 1.165) is 11.3 Å².